The Labute approximate surface area is 108 Å². The maximum Gasteiger partial charge on any atom is 0.129 e. The van der Waals surface area contributed by atoms with Crippen molar-refractivity contribution in [3.63, 3.8) is 0 Å². The second-order valence-electron chi connectivity index (χ2n) is 3.80. The highest BCUT2D eigenvalue weighted by Crippen LogP contribution is 2.26. The van der Waals surface area contributed by atoms with E-state index in [-0.39, 0.29) is 11.4 Å². The topological polar surface area (TPSA) is 20.2 Å². The second kappa shape index (κ2) is 5.98. The molecular formula is C14H12F2OS. The average molecular weight is 266 g/mol. The summed E-state index contributed by atoms with van der Waals surface area (Å²) in [5.41, 5.74) is 0.284. The van der Waals surface area contributed by atoms with Crippen LogP contribution in [0, 0.1) is 11.6 Å². The number of aliphatic hydroxyl groups excluding tert-OH is 1. The van der Waals surface area contributed by atoms with Crippen molar-refractivity contribution in [3.8, 4) is 0 Å². The first kappa shape index (κ1) is 13.1. The normalized spacial score (nSPS) is 12.4. The first-order valence-electron chi connectivity index (χ1n) is 5.47. The summed E-state index contributed by atoms with van der Waals surface area (Å²) in [4.78, 5) is 0.840. The van der Waals surface area contributed by atoms with Crippen LogP contribution in [0.15, 0.2) is 53.4 Å². The molecule has 0 aliphatic rings. The van der Waals surface area contributed by atoms with Crippen LogP contribution in [-0.2, 0) is 0 Å². The number of aliphatic hydroxyl groups is 1. The van der Waals surface area contributed by atoms with Gasteiger partial charge in [0.2, 0.25) is 0 Å². The first-order chi connectivity index (χ1) is 8.66. The van der Waals surface area contributed by atoms with Gasteiger partial charge in [-0.15, -0.1) is 11.8 Å². The molecule has 0 radical (unpaired) electrons. The van der Waals surface area contributed by atoms with Gasteiger partial charge in [-0.05, 0) is 30.3 Å². The van der Waals surface area contributed by atoms with E-state index < -0.39 is 11.9 Å². The third-order valence-electron chi connectivity index (χ3n) is 2.49. The Kier molecular flexibility index (Phi) is 4.33. The molecule has 1 unspecified atom stereocenters. The van der Waals surface area contributed by atoms with E-state index in [2.05, 4.69) is 0 Å². The Bertz CT molecular complexity index is 513. The van der Waals surface area contributed by atoms with Gasteiger partial charge in [-0.25, -0.2) is 8.78 Å². The predicted molar refractivity (Wildman–Crippen MR) is 68.5 cm³/mol. The van der Waals surface area contributed by atoms with E-state index in [4.69, 9.17) is 0 Å². The van der Waals surface area contributed by atoms with E-state index >= 15 is 0 Å². The van der Waals surface area contributed by atoms with Gasteiger partial charge in [0.05, 0.1) is 6.10 Å². The van der Waals surface area contributed by atoms with Crippen LogP contribution in [0.1, 0.15) is 11.7 Å². The van der Waals surface area contributed by atoms with E-state index in [1.807, 2.05) is 0 Å². The van der Waals surface area contributed by atoms with Gasteiger partial charge >= 0.3 is 0 Å². The fourth-order valence-corrected chi connectivity index (χ4v) is 2.40. The van der Waals surface area contributed by atoms with Crippen LogP contribution in [0.2, 0.25) is 0 Å². The minimum absolute atomic E-state index is 0.284. The van der Waals surface area contributed by atoms with Crippen molar-refractivity contribution >= 4 is 11.8 Å². The zero-order chi connectivity index (χ0) is 13.0. The molecule has 2 rings (SSSR count). The molecule has 0 aromatic heterocycles. The lowest BCUT2D eigenvalue weighted by atomic mass is 10.1. The highest BCUT2D eigenvalue weighted by Gasteiger charge is 2.12. The van der Waals surface area contributed by atoms with Crippen molar-refractivity contribution in [3.05, 3.63) is 65.7 Å². The summed E-state index contributed by atoms with van der Waals surface area (Å²) in [5, 5.41) is 9.88. The van der Waals surface area contributed by atoms with Crippen LogP contribution in [0.5, 0.6) is 0 Å². The summed E-state index contributed by atoms with van der Waals surface area (Å²) in [6, 6.07) is 12.1. The highest BCUT2D eigenvalue weighted by molar-refractivity contribution is 7.99. The van der Waals surface area contributed by atoms with Crippen LogP contribution in [0.25, 0.3) is 0 Å². The van der Waals surface area contributed by atoms with Gasteiger partial charge in [-0.2, -0.15) is 0 Å². The van der Waals surface area contributed by atoms with Crippen molar-refractivity contribution in [2.24, 2.45) is 0 Å². The zero-order valence-electron chi connectivity index (χ0n) is 9.51. The molecule has 0 aliphatic carbocycles. The minimum atomic E-state index is -0.874. The molecule has 0 fully saturated rings. The SMILES string of the molecule is OC(CSc1ccc(F)cc1)c1ccccc1F. The van der Waals surface area contributed by atoms with Crippen LogP contribution < -0.4 is 0 Å². The molecule has 0 bridgehead atoms. The lowest BCUT2D eigenvalue weighted by Crippen LogP contribution is -2.03. The smallest absolute Gasteiger partial charge is 0.129 e. The lowest BCUT2D eigenvalue weighted by Gasteiger charge is -2.11. The van der Waals surface area contributed by atoms with Gasteiger partial charge in [0.15, 0.2) is 0 Å². The average Bonchev–Trinajstić information content (AvgIpc) is 2.38. The first-order valence-corrected chi connectivity index (χ1v) is 6.46. The summed E-state index contributed by atoms with van der Waals surface area (Å²) < 4.78 is 26.1. The molecule has 1 nitrogen and oxygen atoms in total. The van der Waals surface area contributed by atoms with Gasteiger partial charge in [0.25, 0.3) is 0 Å². The fraction of sp³-hybridized carbons (Fsp3) is 0.143. The third kappa shape index (κ3) is 3.31. The van der Waals surface area contributed by atoms with Crippen LogP contribution >= 0.6 is 11.8 Å². The summed E-state index contributed by atoms with van der Waals surface area (Å²) in [7, 11) is 0. The molecule has 0 aliphatic heterocycles. The Morgan fingerprint density at radius 3 is 2.33 bits per heavy atom. The molecule has 0 saturated heterocycles. The fourth-order valence-electron chi connectivity index (χ4n) is 1.54. The summed E-state index contributed by atoms with van der Waals surface area (Å²) in [5.74, 6) is -0.384. The summed E-state index contributed by atoms with van der Waals surface area (Å²) >= 11 is 1.36. The Hall–Kier alpha value is -1.39. The molecule has 18 heavy (non-hydrogen) atoms. The number of halogens is 2. The standard InChI is InChI=1S/C14H12F2OS/c15-10-5-7-11(8-6-10)18-9-14(17)12-3-1-2-4-13(12)16/h1-8,14,17H,9H2. The molecule has 4 heteroatoms. The van der Waals surface area contributed by atoms with Crippen LogP contribution in [-0.4, -0.2) is 10.9 Å². The molecule has 2 aromatic rings. The van der Waals surface area contributed by atoms with Crippen molar-refractivity contribution in [2.45, 2.75) is 11.0 Å². The summed E-state index contributed by atoms with van der Waals surface area (Å²) in [6.07, 6.45) is -0.874. The van der Waals surface area contributed by atoms with Crippen molar-refractivity contribution in [1.82, 2.24) is 0 Å². The highest BCUT2D eigenvalue weighted by atomic mass is 32.2. The van der Waals surface area contributed by atoms with Gasteiger partial charge in [0.1, 0.15) is 11.6 Å². The van der Waals surface area contributed by atoms with Crippen molar-refractivity contribution < 1.29 is 13.9 Å². The molecule has 1 atom stereocenters. The molecule has 0 amide bonds. The maximum atomic E-state index is 13.4. The number of hydrogen-bond acceptors (Lipinski definition) is 2. The second-order valence-corrected chi connectivity index (χ2v) is 4.90. The summed E-state index contributed by atoms with van der Waals surface area (Å²) in [6.45, 7) is 0. The number of thioether (sulfide) groups is 1. The van der Waals surface area contributed by atoms with Crippen molar-refractivity contribution in [2.75, 3.05) is 5.75 Å². The van der Waals surface area contributed by atoms with Crippen LogP contribution in [0.3, 0.4) is 0 Å². The van der Waals surface area contributed by atoms with Gasteiger partial charge in [0, 0.05) is 16.2 Å². The zero-order valence-corrected chi connectivity index (χ0v) is 10.3. The number of rotatable bonds is 4. The van der Waals surface area contributed by atoms with Gasteiger partial charge < -0.3 is 5.11 Å². The quantitative estimate of drug-likeness (QED) is 0.850. The van der Waals surface area contributed by atoms with E-state index in [9.17, 15) is 13.9 Å². The minimum Gasteiger partial charge on any atom is -0.387 e. The third-order valence-corrected chi connectivity index (χ3v) is 3.57. The molecule has 0 spiro atoms. The van der Waals surface area contributed by atoms with Crippen LogP contribution in [0.4, 0.5) is 8.78 Å². The molecule has 0 saturated carbocycles. The van der Waals surface area contributed by atoms with E-state index in [0.717, 1.165) is 4.90 Å². The molecule has 0 heterocycles. The number of benzene rings is 2. The molecule has 2 aromatic carbocycles. The van der Waals surface area contributed by atoms with E-state index in [0.29, 0.717) is 5.75 Å². The monoisotopic (exact) mass is 266 g/mol. The van der Waals surface area contributed by atoms with E-state index in [1.54, 1.807) is 30.3 Å². The molecule has 1 N–H and O–H groups in total. The van der Waals surface area contributed by atoms with Gasteiger partial charge in [-0.3, -0.25) is 0 Å². The molecular weight excluding hydrogens is 254 g/mol. The number of hydrogen-bond donors (Lipinski definition) is 1. The Morgan fingerprint density at radius 1 is 1.00 bits per heavy atom. The Balaban J connectivity index is 1.98. The predicted octanol–water partition coefficient (Wildman–Crippen LogP) is 3.79. The lowest BCUT2D eigenvalue weighted by molar-refractivity contribution is 0.199. The Morgan fingerprint density at radius 2 is 1.67 bits per heavy atom. The largest absolute Gasteiger partial charge is 0.387 e. The van der Waals surface area contributed by atoms with E-state index in [1.165, 1.54) is 30.0 Å². The molecule has 94 valence electrons. The maximum absolute atomic E-state index is 13.4. The van der Waals surface area contributed by atoms with Crippen molar-refractivity contribution in [1.29, 1.82) is 0 Å². The van der Waals surface area contributed by atoms with Gasteiger partial charge in [-0.1, -0.05) is 18.2 Å².